The number of nitrogens with zero attached hydrogens (tertiary/aromatic N) is 4. The Labute approximate surface area is 135 Å². The summed E-state index contributed by atoms with van der Waals surface area (Å²) in [6, 6.07) is 12.2. The molecule has 0 aliphatic carbocycles. The lowest BCUT2D eigenvalue weighted by Crippen LogP contribution is -1.94. The lowest BCUT2D eigenvalue weighted by atomic mass is 10.2. The number of non-ortho nitro benzene ring substituents is 1. The molecule has 120 valence electrons. The van der Waals surface area contributed by atoms with Crippen molar-refractivity contribution < 1.29 is 14.8 Å². The number of nitro benzene ring substituents is 1. The minimum atomic E-state index is -0.655. The highest BCUT2D eigenvalue weighted by Crippen LogP contribution is 2.37. The molecule has 0 aliphatic rings. The number of carbonyl (C=O) groups excluding carboxylic acids is 1. The van der Waals surface area contributed by atoms with Crippen LogP contribution in [0.3, 0.4) is 0 Å². The molecule has 8 heteroatoms. The van der Waals surface area contributed by atoms with Gasteiger partial charge in [0.15, 0.2) is 5.69 Å². The van der Waals surface area contributed by atoms with Gasteiger partial charge in [0, 0.05) is 30.1 Å². The van der Waals surface area contributed by atoms with E-state index in [1.165, 1.54) is 24.3 Å². The lowest BCUT2D eigenvalue weighted by molar-refractivity contribution is -0.384. The summed E-state index contributed by atoms with van der Waals surface area (Å²) in [7, 11) is 1.68. The van der Waals surface area contributed by atoms with E-state index in [2.05, 4.69) is 10.2 Å². The SMILES string of the molecule is Cn1c(O)c(N=NC(=O)c2ccc([N+](=O)[O-])cc2)c2ccccc21. The first-order valence-electron chi connectivity index (χ1n) is 6.96. The van der Waals surface area contributed by atoms with Crippen LogP contribution in [0.5, 0.6) is 5.88 Å². The topological polar surface area (TPSA) is 110 Å². The van der Waals surface area contributed by atoms with Crippen LogP contribution in [0.4, 0.5) is 11.4 Å². The van der Waals surface area contributed by atoms with E-state index in [0.717, 1.165) is 5.52 Å². The Hall–Kier alpha value is -3.55. The van der Waals surface area contributed by atoms with Gasteiger partial charge in [-0.3, -0.25) is 14.9 Å². The molecule has 1 amide bonds. The van der Waals surface area contributed by atoms with Gasteiger partial charge in [-0.25, -0.2) is 0 Å². The zero-order valence-corrected chi connectivity index (χ0v) is 12.6. The third-order valence-electron chi connectivity index (χ3n) is 3.62. The number of para-hydroxylation sites is 1. The first kappa shape index (κ1) is 15.3. The van der Waals surface area contributed by atoms with Gasteiger partial charge in [-0.15, -0.1) is 10.2 Å². The number of carbonyl (C=O) groups is 1. The normalized spacial score (nSPS) is 11.2. The van der Waals surface area contributed by atoms with Crippen molar-refractivity contribution >= 4 is 28.2 Å². The third-order valence-corrected chi connectivity index (χ3v) is 3.62. The molecule has 0 aliphatic heterocycles. The molecule has 24 heavy (non-hydrogen) atoms. The number of benzene rings is 2. The molecule has 1 N–H and O–H groups in total. The third kappa shape index (κ3) is 2.60. The number of azo groups is 1. The standard InChI is InChI=1S/C16H12N4O4/c1-19-13-5-3-2-4-12(13)14(16(19)22)17-18-15(21)10-6-8-11(9-7-10)20(23)24/h2-9,22H,1H3. The van der Waals surface area contributed by atoms with Crippen LogP contribution in [0.2, 0.25) is 0 Å². The molecule has 0 spiro atoms. The second-order valence-corrected chi connectivity index (χ2v) is 5.06. The summed E-state index contributed by atoms with van der Waals surface area (Å²) >= 11 is 0. The summed E-state index contributed by atoms with van der Waals surface area (Å²) in [6.45, 7) is 0. The summed E-state index contributed by atoms with van der Waals surface area (Å²) in [5.74, 6) is -0.756. The van der Waals surface area contributed by atoms with Gasteiger partial charge in [0.25, 0.3) is 11.6 Å². The predicted octanol–water partition coefficient (Wildman–Crippen LogP) is 3.72. The van der Waals surface area contributed by atoms with Crippen LogP contribution in [-0.4, -0.2) is 20.5 Å². The van der Waals surface area contributed by atoms with Crippen LogP contribution in [-0.2, 0) is 7.05 Å². The molecule has 3 aromatic rings. The smallest absolute Gasteiger partial charge is 0.295 e. The number of aromatic nitrogens is 1. The van der Waals surface area contributed by atoms with Gasteiger partial charge >= 0.3 is 0 Å². The van der Waals surface area contributed by atoms with Crippen molar-refractivity contribution in [1.29, 1.82) is 0 Å². The van der Waals surface area contributed by atoms with Gasteiger partial charge in [-0.2, -0.15) is 0 Å². The van der Waals surface area contributed by atoms with Crippen LogP contribution in [0.1, 0.15) is 10.4 Å². The lowest BCUT2D eigenvalue weighted by Gasteiger charge is -1.96. The summed E-state index contributed by atoms with van der Waals surface area (Å²) in [6.07, 6.45) is 0. The highest BCUT2D eigenvalue weighted by molar-refractivity contribution is 5.97. The van der Waals surface area contributed by atoms with Crippen LogP contribution in [0.25, 0.3) is 10.9 Å². The van der Waals surface area contributed by atoms with E-state index in [9.17, 15) is 20.0 Å². The molecular weight excluding hydrogens is 312 g/mol. The molecule has 0 saturated carbocycles. The Morgan fingerprint density at radius 2 is 1.83 bits per heavy atom. The largest absolute Gasteiger partial charge is 0.493 e. The van der Waals surface area contributed by atoms with E-state index in [0.29, 0.717) is 5.39 Å². The molecular formula is C16H12N4O4. The maximum absolute atomic E-state index is 12.0. The number of hydrogen-bond donors (Lipinski definition) is 1. The number of rotatable bonds is 3. The minimum absolute atomic E-state index is 0.101. The molecule has 0 saturated heterocycles. The Balaban J connectivity index is 1.92. The first-order chi connectivity index (χ1) is 11.5. The average Bonchev–Trinajstić information content (AvgIpc) is 2.84. The van der Waals surface area contributed by atoms with Crippen molar-refractivity contribution in [3.63, 3.8) is 0 Å². The van der Waals surface area contributed by atoms with Crippen LogP contribution >= 0.6 is 0 Å². The molecule has 0 fully saturated rings. The zero-order valence-electron chi connectivity index (χ0n) is 12.6. The highest BCUT2D eigenvalue weighted by Gasteiger charge is 2.14. The summed E-state index contributed by atoms with van der Waals surface area (Å²) in [5, 5.41) is 28.9. The minimum Gasteiger partial charge on any atom is -0.493 e. The average molecular weight is 324 g/mol. The van der Waals surface area contributed by atoms with Crippen LogP contribution in [0.15, 0.2) is 58.8 Å². The first-order valence-corrected chi connectivity index (χ1v) is 6.96. The van der Waals surface area contributed by atoms with Crippen molar-refractivity contribution in [1.82, 2.24) is 4.57 Å². The Bertz CT molecular complexity index is 974. The molecule has 0 bridgehead atoms. The van der Waals surface area contributed by atoms with Crippen molar-refractivity contribution in [3.05, 3.63) is 64.2 Å². The van der Waals surface area contributed by atoms with Gasteiger partial charge in [-0.1, -0.05) is 18.2 Å². The Morgan fingerprint density at radius 3 is 2.50 bits per heavy atom. The van der Waals surface area contributed by atoms with E-state index in [1.54, 1.807) is 23.7 Å². The maximum atomic E-state index is 12.0. The van der Waals surface area contributed by atoms with Crippen molar-refractivity contribution in [3.8, 4) is 5.88 Å². The fourth-order valence-electron chi connectivity index (χ4n) is 2.34. The van der Waals surface area contributed by atoms with Crippen molar-refractivity contribution in [2.45, 2.75) is 0 Å². The summed E-state index contributed by atoms with van der Waals surface area (Å²) in [5.41, 5.74) is 1.01. The van der Waals surface area contributed by atoms with Gasteiger partial charge in [0.2, 0.25) is 5.88 Å². The Morgan fingerprint density at radius 1 is 1.17 bits per heavy atom. The van der Waals surface area contributed by atoms with E-state index >= 15 is 0 Å². The van der Waals surface area contributed by atoms with Gasteiger partial charge in [0.1, 0.15) is 0 Å². The van der Waals surface area contributed by atoms with E-state index < -0.39 is 10.8 Å². The molecule has 0 atom stereocenters. The zero-order chi connectivity index (χ0) is 17.3. The number of hydrogen-bond acceptors (Lipinski definition) is 5. The monoisotopic (exact) mass is 324 g/mol. The number of aromatic hydroxyl groups is 1. The molecule has 0 radical (unpaired) electrons. The highest BCUT2D eigenvalue weighted by atomic mass is 16.6. The summed E-state index contributed by atoms with van der Waals surface area (Å²) in [4.78, 5) is 22.1. The quantitative estimate of drug-likeness (QED) is 0.449. The predicted molar refractivity (Wildman–Crippen MR) is 86.5 cm³/mol. The molecule has 3 rings (SSSR count). The van der Waals surface area contributed by atoms with Crippen LogP contribution in [0, 0.1) is 10.1 Å². The number of fused-ring (bicyclic) bond motifs is 1. The number of aryl methyl sites for hydroxylation is 1. The maximum Gasteiger partial charge on any atom is 0.295 e. The number of amides is 1. The molecule has 2 aromatic carbocycles. The van der Waals surface area contributed by atoms with Gasteiger partial charge in [-0.05, 0) is 18.2 Å². The second-order valence-electron chi connectivity index (χ2n) is 5.06. The molecule has 0 unspecified atom stereocenters. The Kier molecular flexibility index (Phi) is 3.78. The number of nitro groups is 1. The molecule has 8 nitrogen and oxygen atoms in total. The van der Waals surface area contributed by atoms with Gasteiger partial charge < -0.3 is 9.67 Å². The van der Waals surface area contributed by atoms with Crippen LogP contribution < -0.4 is 0 Å². The van der Waals surface area contributed by atoms with Crippen molar-refractivity contribution in [2.24, 2.45) is 17.3 Å². The van der Waals surface area contributed by atoms with Gasteiger partial charge in [0.05, 0.1) is 10.4 Å². The summed E-state index contributed by atoms with van der Waals surface area (Å²) < 4.78 is 1.54. The fraction of sp³-hybridized carbons (Fsp3) is 0.0625. The fourth-order valence-corrected chi connectivity index (χ4v) is 2.34. The van der Waals surface area contributed by atoms with Crippen molar-refractivity contribution in [2.75, 3.05) is 0 Å². The second kappa shape index (κ2) is 5.92. The molecule has 1 heterocycles. The van der Waals surface area contributed by atoms with E-state index in [1.807, 2.05) is 12.1 Å². The van der Waals surface area contributed by atoms with E-state index in [4.69, 9.17) is 0 Å². The molecule has 1 aromatic heterocycles. The van der Waals surface area contributed by atoms with E-state index in [-0.39, 0.29) is 22.8 Å².